The molecule has 0 aromatic carbocycles. The van der Waals surface area contributed by atoms with Gasteiger partial charge in [0.25, 0.3) is 0 Å². The number of hydrogen-bond acceptors (Lipinski definition) is 5. The molecule has 0 aliphatic carbocycles. The van der Waals surface area contributed by atoms with Crippen LogP contribution in [0.5, 0.6) is 0 Å². The second-order valence-corrected chi connectivity index (χ2v) is 7.30. The summed E-state index contributed by atoms with van der Waals surface area (Å²) in [7, 11) is 2.25. The quantitative estimate of drug-likeness (QED) is 0.666. The van der Waals surface area contributed by atoms with Gasteiger partial charge in [0.15, 0.2) is 0 Å². The van der Waals surface area contributed by atoms with Crippen LogP contribution in [0.2, 0.25) is 0 Å². The fraction of sp³-hybridized carbons (Fsp3) is 1.00. The average molecular weight is 326 g/mol. The van der Waals surface area contributed by atoms with Crippen molar-refractivity contribution < 1.29 is 14.2 Å². The third-order valence-corrected chi connectivity index (χ3v) is 5.75. The van der Waals surface area contributed by atoms with Crippen LogP contribution in [0.25, 0.3) is 0 Å². The zero-order valence-corrected chi connectivity index (χ0v) is 14.8. The maximum absolute atomic E-state index is 5.80. The van der Waals surface area contributed by atoms with E-state index >= 15 is 0 Å². The van der Waals surface area contributed by atoms with Gasteiger partial charge in [-0.05, 0) is 58.7 Å². The molecule has 3 rings (SSSR count). The maximum atomic E-state index is 5.80. The molecule has 0 saturated carbocycles. The normalized spacial score (nSPS) is 28.7. The zero-order valence-electron chi connectivity index (χ0n) is 14.8. The summed E-state index contributed by atoms with van der Waals surface area (Å²) in [5, 5.41) is 0. The fourth-order valence-corrected chi connectivity index (χ4v) is 4.12. The minimum absolute atomic E-state index is 0.350. The van der Waals surface area contributed by atoms with E-state index in [1.807, 2.05) is 0 Å². The van der Waals surface area contributed by atoms with Crippen molar-refractivity contribution in [2.24, 2.45) is 0 Å². The SMILES string of the molecule is CN(CCOCC1CCCO1)C1CCN(C2CCOCC2)CC1. The van der Waals surface area contributed by atoms with Gasteiger partial charge in [0.05, 0.1) is 19.3 Å². The molecule has 0 aromatic rings. The van der Waals surface area contributed by atoms with Gasteiger partial charge in [-0.3, -0.25) is 0 Å². The minimum Gasteiger partial charge on any atom is -0.381 e. The summed E-state index contributed by atoms with van der Waals surface area (Å²) < 4.78 is 16.9. The van der Waals surface area contributed by atoms with E-state index in [0.29, 0.717) is 6.10 Å². The molecule has 134 valence electrons. The Morgan fingerprint density at radius 2 is 1.83 bits per heavy atom. The van der Waals surface area contributed by atoms with E-state index in [2.05, 4.69) is 16.8 Å². The summed E-state index contributed by atoms with van der Waals surface area (Å²) in [5.41, 5.74) is 0. The molecule has 3 aliphatic rings. The molecule has 5 heteroatoms. The van der Waals surface area contributed by atoms with E-state index in [4.69, 9.17) is 14.2 Å². The average Bonchev–Trinajstić information content (AvgIpc) is 3.13. The minimum atomic E-state index is 0.350. The van der Waals surface area contributed by atoms with E-state index < -0.39 is 0 Å². The molecule has 1 unspecified atom stereocenters. The van der Waals surface area contributed by atoms with Gasteiger partial charge in [0.2, 0.25) is 0 Å². The van der Waals surface area contributed by atoms with Crippen LogP contribution < -0.4 is 0 Å². The summed E-state index contributed by atoms with van der Waals surface area (Å²) in [4.78, 5) is 5.19. The smallest absolute Gasteiger partial charge is 0.0809 e. The highest BCUT2D eigenvalue weighted by Gasteiger charge is 2.27. The molecule has 0 radical (unpaired) electrons. The molecule has 0 N–H and O–H groups in total. The van der Waals surface area contributed by atoms with Gasteiger partial charge >= 0.3 is 0 Å². The highest BCUT2D eigenvalue weighted by Crippen LogP contribution is 2.22. The summed E-state index contributed by atoms with van der Waals surface area (Å²) in [6.45, 7) is 7.95. The molecule has 0 bridgehead atoms. The lowest BCUT2D eigenvalue weighted by Gasteiger charge is -2.41. The molecule has 3 heterocycles. The molecule has 5 nitrogen and oxygen atoms in total. The maximum Gasteiger partial charge on any atom is 0.0809 e. The van der Waals surface area contributed by atoms with E-state index in [-0.39, 0.29) is 0 Å². The van der Waals surface area contributed by atoms with Gasteiger partial charge < -0.3 is 24.0 Å². The van der Waals surface area contributed by atoms with Crippen LogP contribution in [-0.2, 0) is 14.2 Å². The predicted molar refractivity (Wildman–Crippen MR) is 90.9 cm³/mol. The Hall–Kier alpha value is -0.200. The Bertz CT molecular complexity index is 322. The van der Waals surface area contributed by atoms with Crippen LogP contribution in [0.3, 0.4) is 0 Å². The zero-order chi connectivity index (χ0) is 15.9. The molecule has 1 atom stereocenters. The summed E-state index contributed by atoms with van der Waals surface area (Å²) >= 11 is 0. The van der Waals surface area contributed by atoms with Gasteiger partial charge in [-0.25, -0.2) is 0 Å². The van der Waals surface area contributed by atoms with Gasteiger partial charge in [0, 0.05) is 38.4 Å². The number of hydrogen-bond donors (Lipinski definition) is 0. The van der Waals surface area contributed by atoms with Crippen LogP contribution in [0, 0.1) is 0 Å². The van der Waals surface area contributed by atoms with Crippen LogP contribution in [0.4, 0.5) is 0 Å². The van der Waals surface area contributed by atoms with Crippen molar-refractivity contribution in [3.63, 3.8) is 0 Å². The Morgan fingerprint density at radius 3 is 2.52 bits per heavy atom. The topological polar surface area (TPSA) is 34.2 Å². The van der Waals surface area contributed by atoms with E-state index in [1.165, 1.54) is 51.6 Å². The molecule has 0 amide bonds. The van der Waals surface area contributed by atoms with Gasteiger partial charge in [-0.2, -0.15) is 0 Å². The largest absolute Gasteiger partial charge is 0.381 e. The van der Waals surface area contributed by atoms with E-state index in [1.54, 1.807) is 0 Å². The Labute approximate surface area is 141 Å². The third-order valence-electron chi connectivity index (χ3n) is 5.75. The monoisotopic (exact) mass is 326 g/mol. The van der Waals surface area contributed by atoms with Crippen molar-refractivity contribution in [3.05, 3.63) is 0 Å². The lowest BCUT2D eigenvalue weighted by atomic mass is 9.99. The second kappa shape index (κ2) is 9.33. The summed E-state index contributed by atoms with van der Waals surface area (Å²) in [5.74, 6) is 0. The van der Waals surface area contributed by atoms with E-state index in [9.17, 15) is 0 Å². The molecular formula is C18H34N2O3. The van der Waals surface area contributed by atoms with Crippen molar-refractivity contribution in [2.45, 2.75) is 56.7 Å². The first-order valence-electron chi connectivity index (χ1n) is 9.54. The van der Waals surface area contributed by atoms with Crippen LogP contribution in [-0.4, -0.2) is 87.7 Å². The van der Waals surface area contributed by atoms with Crippen molar-refractivity contribution in [1.82, 2.24) is 9.80 Å². The molecule has 0 aromatic heterocycles. The second-order valence-electron chi connectivity index (χ2n) is 7.30. The summed E-state index contributed by atoms with van der Waals surface area (Å²) in [6.07, 6.45) is 7.73. The van der Waals surface area contributed by atoms with E-state index in [0.717, 1.165) is 51.7 Å². The van der Waals surface area contributed by atoms with Crippen molar-refractivity contribution in [1.29, 1.82) is 0 Å². The number of piperidine rings is 1. The molecule has 3 fully saturated rings. The first-order chi connectivity index (χ1) is 11.3. The molecule has 23 heavy (non-hydrogen) atoms. The number of ether oxygens (including phenoxy) is 3. The first kappa shape index (κ1) is 17.6. The van der Waals surface area contributed by atoms with Crippen molar-refractivity contribution in [3.8, 4) is 0 Å². The molecular weight excluding hydrogens is 292 g/mol. The Balaban J connectivity index is 1.27. The van der Waals surface area contributed by atoms with Crippen LogP contribution in [0.15, 0.2) is 0 Å². The van der Waals surface area contributed by atoms with Gasteiger partial charge in [-0.15, -0.1) is 0 Å². The van der Waals surface area contributed by atoms with Crippen molar-refractivity contribution in [2.75, 3.05) is 59.7 Å². The Kier molecular flexibility index (Phi) is 7.14. The molecule has 3 saturated heterocycles. The van der Waals surface area contributed by atoms with Crippen molar-refractivity contribution >= 4 is 0 Å². The lowest BCUT2D eigenvalue weighted by molar-refractivity contribution is -0.000706. The number of likely N-dealkylation sites (tertiary alicyclic amines) is 1. The summed E-state index contributed by atoms with van der Waals surface area (Å²) in [6, 6.07) is 1.49. The number of nitrogens with zero attached hydrogens (tertiary/aromatic N) is 2. The lowest BCUT2D eigenvalue weighted by Crippen LogP contribution is -2.49. The third kappa shape index (κ3) is 5.40. The van der Waals surface area contributed by atoms with Gasteiger partial charge in [0.1, 0.15) is 0 Å². The molecule has 0 spiro atoms. The Morgan fingerprint density at radius 1 is 1.04 bits per heavy atom. The van der Waals surface area contributed by atoms with Crippen LogP contribution >= 0.6 is 0 Å². The fourth-order valence-electron chi connectivity index (χ4n) is 4.12. The standard InChI is InChI=1S/C18H34N2O3/c1-19(10-14-22-15-18-3-2-11-23-18)16-4-8-20(9-5-16)17-6-12-21-13-7-17/h16-18H,2-15H2,1H3. The number of rotatable bonds is 7. The highest BCUT2D eigenvalue weighted by molar-refractivity contribution is 4.83. The number of likely N-dealkylation sites (N-methyl/N-ethyl adjacent to an activating group) is 1. The van der Waals surface area contributed by atoms with Crippen LogP contribution in [0.1, 0.15) is 38.5 Å². The predicted octanol–water partition coefficient (Wildman–Crippen LogP) is 1.76. The first-order valence-corrected chi connectivity index (χ1v) is 9.54. The highest BCUT2D eigenvalue weighted by atomic mass is 16.5. The molecule has 3 aliphatic heterocycles. The van der Waals surface area contributed by atoms with Gasteiger partial charge in [-0.1, -0.05) is 0 Å².